The fourth-order valence-corrected chi connectivity index (χ4v) is 5.06. The van der Waals surface area contributed by atoms with E-state index in [9.17, 15) is 0 Å². The summed E-state index contributed by atoms with van der Waals surface area (Å²) < 4.78 is 2.40. The van der Waals surface area contributed by atoms with Crippen LogP contribution in [0, 0.1) is 6.92 Å². The van der Waals surface area contributed by atoms with Gasteiger partial charge in [0.2, 0.25) is 0 Å². The molecule has 3 rings (SSSR count). The molecule has 29 heavy (non-hydrogen) atoms. The summed E-state index contributed by atoms with van der Waals surface area (Å²) in [5, 5.41) is 16.7. The Kier molecular flexibility index (Phi) is 10.8. The summed E-state index contributed by atoms with van der Waals surface area (Å²) in [6.45, 7) is 6.69. The maximum Gasteiger partial charge on any atom is 0.191 e. The van der Waals surface area contributed by atoms with Crippen molar-refractivity contribution in [3.05, 3.63) is 27.7 Å². The third-order valence-corrected chi connectivity index (χ3v) is 6.64. The minimum Gasteiger partial charge on any atom is -0.357 e. The number of thiophene rings is 1. The van der Waals surface area contributed by atoms with Crippen LogP contribution in [0.15, 0.2) is 22.3 Å². The van der Waals surface area contributed by atoms with Gasteiger partial charge in [0.05, 0.1) is 6.54 Å². The second kappa shape index (κ2) is 12.8. The number of aryl methyl sites for hydroxylation is 2. The highest BCUT2D eigenvalue weighted by Gasteiger charge is 2.23. The van der Waals surface area contributed by atoms with Crippen molar-refractivity contribution in [3.8, 4) is 0 Å². The van der Waals surface area contributed by atoms with Crippen molar-refractivity contribution in [2.45, 2.75) is 70.1 Å². The first kappa shape index (κ1) is 24.5. The summed E-state index contributed by atoms with van der Waals surface area (Å²) in [5.74, 6) is 2.02. The molecular weight excluding hydrogens is 515 g/mol. The van der Waals surface area contributed by atoms with E-state index in [0.717, 1.165) is 49.4 Å². The fourth-order valence-electron chi connectivity index (χ4n) is 3.67. The third kappa shape index (κ3) is 7.13. The number of aromatic nitrogens is 3. The number of aliphatic imine (C=N–C) groups is 1. The Balaban J connectivity index is 0.00000300. The van der Waals surface area contributed by atoms with Gasteiger partial charge in [0.15, 0.2) is 11.1 Å². The van der Waals surface area contributed by atoms with E-state index in [2.05, 4.69) is 57.6 Å². The van der Waals surface area contributed by atoms with Crippen LogP contribution in [0.5, 0.6) is 0 Å². The van der Waals surface area contributed by atoms with Crippen molar-refractivity contribution >= 4 is 53.0 Å². The van der Waals surface area contributed by atoms with Crippen molar-refractivity contribution in [3.63, 3.8) is 0 Å². The molecule has 0 aliphatic heterocycles. The minimum atomic E-state index is 0. The molecule has 0 atom stereocenters. The second-order valence-electron chi connectivity index (χ2n) is 7.15. The first-order valence-corrected chi connectivity index (χ1v) is 12.3. The predicted octanol–water partition coefficient (Wildman–Crippen LogP) is 4.79. The Labute approximate surface area is 199 Å². The quantitative estimate of drug-likeness (QED) is 0.155. The topological polar surface area (TPSA) is 67.1 Å². The lowest BCUT2D eigenvalue weighted by atomic mass is 10.2. The average molecular weight is 549 g/mol. The highest BCUT2D eigenvalue weighted by molar-refractivity contribution is 14.0. The van der Waals surface area contributed by atoms with Crippen LogP contribution in [0.25, 0.3) is 0 Å². The zero-order valence-electron chi connectivity index (χ0n) is 17.6. The van der Waals surface area contributed by atoms with Gasteiger partial charge in [0, 0.05) is 35.3 Å². The first-order chi connectivity index (χ1) is 13.7. The summed E-state index contributed by atoms with van der Waals surface area (Å²) in [6, 6.07) is 4.90. The molecule has 2 heterocycles. The molecule has 2 aromatic rings. The molecule has 0 bridgehead atoms. The molecule has 6 nitrogen and oxygen atoms in total. The number of thioether (sulfide) groups is 1. The highest BCUT2D eigenvalue weighted by atomic mass is 127. The number of hydrogen-bond acceptors (Lipinski definition) is 5. The van der Waals surface area contributed by atoms with Gasteiger partial charge in [0.1, 0.15) is 5.82 Å². The van der Waals surface area contributed by atoms with Crippen molar-refractivity contribution in [2.75, 3.05) is 19.3 Å². The number of nitrogens with one attached hydrogen (secondary N) is 2. The molecule has 162 valence electrons. The van der Waals surface area contributed by atoms with Crippen molar-refractivity contribution < 1.29 is 0 Å². The summed E-state index contributed by atoms with van der Waals surface area (Å²) in [5.41, 5.74) is 0. The Morgan fingerprint density at radius 3 is 2.72 bits per heavy atom. The van der Waals surface area contributed by atoms with E-state index >= 15 is 0 Å². The zero-order chi connectivity index (χ0) is 19.8. The lowest BCUT2D eigenvalue weighted by Gasteiger charge is -2.16. The van der Waals surface area contributed by atoms with Gasteiger partial charge in [-0.05, 0) is 51.5 Å². The third-order valence-electron chi connectivity index (χ3n) is 5.01. The molecule has 0 aromatic carbocycles. The number of nitrogens with zero attached hydrogens (tertiary/aromatic N) is 4. The monoisotopic (exact) mass is 548 g/mol. The van der Waals surface area contributed by atoms with Crippen LogP contribution in [0.3, 0.4) is 0 Å². The smallest absolute Gasteiger partial charge is 0.191 e. The molecule has 1 fully saturated rings. The molecule has 1 saturated carbocycles. The first-order valence-electron chi connectivity index (χ1n) is 10.3. The Hall–Kier alpha value is -0.810. The minimum absolute atomic E-state index is 0. The van der Waals surface area contributed by atoms with Crippen molar-refractivity contribution in [1.29, 1.82) is 0 Å². The number of rotatable bonds is 9. The van der Waals surface area contributed by atoms with Gasteiger partial charge in [-0.15, -0.1) is 45.5 Å². The Morgan fingerprint density at radius 1 is 1.28 bits per heavy atom. The molecule has 0 radical (unpaired) electrons. The van der Waals surface area contributed by atoms with Crippen LogP contribution < -0.4 is 10.6 Å². The number of hydrogen-bond donors (Lipinski definition) is 2. The fraction of sp³-hybridized carbons (Fsp3) is 0.650. The molecular formula is C20H33IN6S2. The molecule has 0 saturated heterocycles. The van der Waals surface area contributed by atoms with E-state index in [1.165, 1.54) is 35.4 Å². The average Bonchev–Trinajstić information content (AvgIpc) is 3.43. The molecule has 0 unspecified atom stereocenters. The lowest BCUT2D eigenvalue weighted by molar-refractivity contribution is 0.460. The summed E-state index contributed by atoms with van der Waals surface area (Å²) in [4.78, 5) is 7.34. The largest absolute Gasteiger partial charge is 0.357 e. The Morgan fingerprint density at radius 2 is 2.07 bits per heavy atom. The van der Waals surface area contributed by atoms with E-state index in [1.54, 1.807) is 11.8 Å². The van der Waals surface area contributed by atoms with Crippen molar-refractivity contribution in [2.24, 2.45) is 4.99 Å². The molecule has 0 spiro atoms. The zero-order valence-corrected chi connectivity index (χ0v) is 21.6. The van der Waals surface area contributed by atoms with Crippen LogP contribution in [0.1, 0.15) is 60.6 Å². The lowest BCUT2D eigenvalue weighted by Crippen LogP contribution is -2.37. The maximum absolute atomic E-state index is 4.71. The normalized spacial score (nSPS) is 14.8. The van der Waals surface area contributed by atoms with E-state index in [-0.39, 0.29) is 24.0 Å². The SMILES string of the molecule is CCNC(=NCc1ccc(C)s1)NCCCc1nnc(SC)n1C1CCCC1.I. The van der Waals surface area contributed by atoms with Crippen LogP contribution in [-0.4, -0.2) is 40.1 Å². The van der Waals surface area contributed by atoms with Gasteiger partial charge in [-0.1, -0.05) is 24.6 Å². The van der Waals surface area contributed by atoms with Gasteiger partial charge in [-0.3, -0.25) is 0 Å². The standard InChI is InChI=1S/C20H32N6S2.HI/c1-4-21-19(23-14-17-12-11-15(2)28-17)22-13-7-10-18-24-25-20(27-3)26(18)16-8-5-6-9-16;/h11-12,16H,4-10,13-14H2,1-3H3,(H2,21,22,23);1H. The van der Waals surface area contributed by atoms with Crippen LogP contribution in [0.4, 0.5) is 0 Å². The summed E-state index contributed by atoms with van der Waals surface area (Å²) >= 11 is 3.51. The van der Waals surface area contributed by atoms with Crippen LogP contribution in [0.2, 0.25) is 0 Å². The molecule has 1 aliphatic rings. The summed E-state index contributed by atoms with van der Waals surface area (Å²) in [7, 11) is 0. The van der Waals surface area contributed by atoms with Crippen LogP contribution in [-0.2, 0) is 13.0 Å². The predicted molar refractivity (Wildman–Crippen MR) is 135 cm³/mol. The van der Waals surface area contributed by atoms with Crippen LogP contribution >= 0.6 is 47.1 Å². The Bertz CT molecular complexity index is 767. The van der Waals surface area contributed by atoms with Gasteiger partial charge in [-0.25, -0.2) is 4.99 Å². The molecule has 1 aliphatic carbocycles. The van der Waals surface area contributed by atoms with Gasteiger partial charge >= 0.3 is 0 Å². The second-order valence-corrected chi connectivity index (χ2v) is 9.29. The van der Waals surface area contributed by atoms with Gasteiger partial charge in [0.25, 0.3) is 0 Å². The molecule has 2 N–H and O–H groups in total. The number of halogens is 1. The van der Waals surface area contributed by atoms with E-state index in [4.69, 9.17) is 4.99 Å². The highest BCUT2D eigenvalue weighted by Crippen LogP contribution is 2.33. The molecule has 0 amide bonds. The van der Waals surface area contributed by atoms with Crippen molar-refractivity contribution in [1.82, 2.24) is 25.4 Å². The maximum atomic E-state index is 4.71. The van der Waals surface area contributed by atoms with Gasteiger partial charge in [-0.2, -0.15) is 0 Å². The van der Waals surface area contributed by atoms with E-state index in [0.29, 0.717) is 6.04 Å². The van der Waals surface area contributed by atoms with E-state index in [1.807, 2.05) is 11.3 Å². The molecule has 9 heteroatoms. The number of guanidine groups is 1. The van der Waals surface area contributed by atoms with E-state index < -0.39 is 0 Å². The molecule has 2 aromatic heterocycles. The van der Waals surface area contributed by atoms with Gasteiger partial charge < -0.3 is 15.2 Å². The summed E-state index contributed by atoms with van der Waals surface area (Å²) in [6.07, 6.45) is 9.22.